The van der Waals surface area contributed by atoms with Crippen molar-refractivity contribution in [3.05, 3.63) is 76.5 Å². The van der Waals surface area contributed by atoms with Gasteiger partial charge in [-0.15, -0.1) is 0 Å². The van der Waals surface area contributed by atoms with Crippen LogP contribution in [0.15, 0.2) is 48.7 Å². The molecule has 0 spiro atoms. The number of nitrogens with zero attached hydrogens (tertiary/aromatic N) is 2. The van der Waals surface area contributed by atoms with Crippen LogP contribution in [0.3, 0.4) is 0 Å². The number of fused-ring (bicyclic) bond motifs is 4. The summed E-state index contributed by atoms with van der Waals surface area (Å²) in [6, 6.07) is 10.8. The number of carbonyl (C=O) groups is 2. The number of carbonyl (C=O) groups excluding carboxylic acids is 2. The van der Waals surface area contributed by atoms with Crippen molar-refractivity contribution in [3.8, 4) is 17.2 Å². The highest BCUT2D eigenvalue weighted by molar-refractivity contribution is 5.95. The molecule has 4 atom stereocenters. The predicted octanol–water partition coefficient (Wildman–Crippen LogP) is 4.23. The summed E-state index contributed by atoms with van der Waals surface area (Å²) in [7, 11) is 0. The Morgan fingerprint density at radius 1 is 1.19 bits per heavy atom. The van der Waals surface area contributed by atoms with Gasteiger partial charge in [0.2, 0.25) is 5.91 Å². The number of ether oxygens (including phenoxy) is 2. The van der Waals surface area contributed by atoms with Gasteiger partial charge < -0.3 is 25.4 Å². The number of piperazine rings is 1. The van der Waals surface area contributed by atoms with Gasteiger partial charge in [0, 0.05) is 61.5 Å². The van der Waals surface area contributed by atoms with E-state index in [-0.39, 0.29) is 47.7 Å². The Kier molecular flexibility index (Phi) is 6.77. The predicted molar refractivity (Wildman–Crippen MR) is 150 cm³/mol. The second-order valence-electron chi connectivity index (χ2n) is 11.6. The van der Waals surface area contributed by atoms with Crippen molar-refractivity contribution < 1.29 is 32.2 Å². The number of hydrogen-bond acceptors (Lipinski definition) is 7. The number of hydrogen-bond donors (Lipinski definition) is 3. The number of aromatic nitrogens is 1. The average Bonchev–Trinajstić information content (AvgIpc) is 3.48. The first-order valence-electron chi connectivity index (χ1n) is 14.4. The van der Waals surface area contributed by atoms with E-state index in [0.717, 1.165) is 23.7 Å². The molecule has 1 aromatic heterocycles. The topological polar surface area (TPSA) is 105 Å². The molecule has 12 heteroatoms. The molecule has 3 aromatic rings. The van der Waals surface area contributed by atoms with E-state index in [1.54, 1.807) is 24.4 Å². The Balaban J connectivity index is 1.05. The quantitative estimate of drug-likeness (QED) is 0.393. The van der Waals surface area contributed by atoms with Gasteiger partial charge in [0.15, 0.2) is 0 Å². The molecule has 1 saturated heterocycles. The minimum Gasteiger partial charge on any atom is -0.487 e. The van der Waals surface area contributed by atoms with Crippen molar-refractivity contribution in [2.45, 2.75) is 56.6 Å². The van der Waals surface area contributed by atoms with Crippen molar-refractivity contribution >= 4 is 17.6 Å². The van der Waals surface area contributed by atoms with Gasteiger partial charge in [-0.25, -0.2) is 4.98 Å². The molecular weight excluding hydrogens is 563 g/mol. The van der Waals surface area contributed by atoms with Gasteiger partial charge in [0.25, 0.3) is 5.91 Å². The van der Waals surface area contributed by atoms with Gasteiger partial charge in [0.05, 0.1) is 17.5 Å². The number of halogens is 3. The highest BCUT2D eigenvalue weighted by Crippen LogP contribution is 2.54. The number of amides is 2. The Labute approximate surface area is 245 Å². The van der Waals surface area contributed by atoms with Gasteiger partial charge in [-0.05, 0) is 55.3 Å². The molecule has 3 aliphatic heterocycles. The smallest absolute Gasteiger partial charge is 0.416 e. The maximum absolute atomic E-state index is 14.0. The van der Waals surface area contributed by atoms with E-state index < -0.39 is 17.6 Å². The van der Waals surface area contributed by atoms with Crippen LogP contribution in [0.25, 0.3) is 0 Å². The number of nitrogens with one attached hydrogen (secondary N) is 3. The van der Waals surface area contributed by atoms with Crippen LogP contribution < -0.4 is 25.4 Å². The van der Waals surface area contributed by atoms with Crippen molar-refractivity contribution in [3.63, 3.8) is 0 Å². The zero-order chi connectivity index (χ0) is 29.9. The van der Waals surface area contributed by atoms with Crippen LogP contribution in [0.2, 0.25) is 0 Å². The molecule has 1 saturated carbocycles. The van der Waals surface area contributed by atoms with Crippen LogP contribution in [0.1, 0.15) is 51.9 Å². The summed E-state index contributed by atoms with van der Waals surface area (Å²) in [6.07, 6.45) is -2.45. The zero-order valence-corrected chi connectivity index (χ0v) is 23.3. The second kappa shape index (κ2) is 10.5. The van der Waals surface area contributed by atoms with Crippen LogP contribution >= 0.6 is 0 Å². The van der Waals surface area contributed by atoms with Crippen molar-refractivity contribution in [1.82, 2.24) is 20.5 Å². The first kappa shape index (κ1) is 27.7. The molecule has 43 heavy (non-hydrogen) atoms. The fraction of sp³-hybridized carbons (Fsp3) is 0.387. The summed E-state index contributed by atoms with van der Waals surface area (Å²) >= 11 is 0. The van der Waals surface area contributed by atoms with Gasteiger partial charge >= 0.3 is 6.18 Å². The van der Waals surface area contributed by atoms with E-state index >= 15 is 0 Å². The van der Waals surface area contributed by atoms with Crippen LogP contribution in [-0.2, 0) is 23.9 Å². The third-order valence-corrected chi connectivity index (χ3v) is 8.48. The zero-order valence-electron chi connectivity index (χ0n) is 23.3. The summed E-state index contributed by atoms with van der Waals surface area (Å²) in [4.78, 5) is 31.1. The maximum atomic E-state index is 14.0. The summed E-state index contributed by atoms with van der Waals surface area (Å²) in [5.74, 6) is 1.53. The second-order valence-corrected chi connectivity index (χ2v) is 11.6. The van der Waals surface area contributed by atoms with Gasteiger partial charge in [-0.2, -0.15) is 13.2 Å². The SMILES string of the molecule is C[C@H]1CN(Cc2ccc(C(=O)N[C@H]3[C@H]4Oc5ccc(Oc6ccnc7c6CCC(=O)N7)cc5[C@@H]34)cc2C(F)(F)F)CCN1. The number of alkyl halides is 3. The molecule has 0 radical (unpaired) electrons. The van der Waals surface area contributed by atoms with Gasteiger partial charge in [0.1, 0.15) is 29.2 Å². The van der Waals surface area contributed by atoms with Crippen molar-refractivity contribution in [1.29, 1.82) is 0 Å². The van der Waals surface area contributed by atoms with E-state index in [4.69, 9.17) is 9.47 Å². The Bertz CT molecular complexity index is 1610. The van der Waals surface area contributed by atoms with Crippen LogP contribution in [-0.4, -0.2) is 59.5 Å². The molecule has 0 bridgehead atoms. The highest BCUT2D eigenvalue weighted by atomic mass is 19.4. The van der Waals surface area contributed by atoms with Crippen LogP contribution in [0, 0.1) is 0 Å². The molecule has 4 aliphatic rings. The summed E-state index contributed by atoms with van der Waals surface area (Å²) in [5.41, 5.74) is 1.01. The lowest BCUT2D eigenvalue weighted by Gasteiger charge is -2.32. The number of benzene rings is 2. The first-order chi connectivity index (χ1) is 20.6. The van der Waals surface area contributed by atoms with Crippen molar-refractivity contribution in [2.75, 3.05) is 25.0 Å². The van der Waals surface area contributed by atoms with E-state index in [1.807, 2.05) is 17.9 Å². The highest BCUT2D eigenvalue weighted by Gasteiger charge is 2.59. The fourth-order valence-electron chi connectivity index (χ4n) is 6.31. The molecule has 3 N–H and O–H groups in total. The molecule has 2 aromatic carbocycles. The monoisotopic (exact) mass is 593 g/mol. The number of anilines is 1. The summed E-state index contributed by atoms with van der Waals surface area (Å²) in [6.45, 7) is 4.20. The molecule has 7 rings (SSSR count). The summed E-state index contributed by atoms with van der Waals surface area (Å²) in [5, 5.41) is 8.92. The lowest BCUT2D eigenvalue weighted by Crippen LogP contribution is -2.48. The number of rotatable bonds is 6. The van der Waals surface area contributed by atoms with Crippen LogP contribution in [0.4, 0.5) is 19.0 Å². The molecule has 224 valence electrons. The Hall–Kier alpha value is -4.16. The largest absolute Gasteiger partial charge is 0.487 e. The minimum absolute atomic E-state index is 0.0402. The van der Waals surface area contributed by atoms with Gasteiger partial charge in [-0.3, -0.25) is 14.5 Å². The normalized spacial score (nSPS) is 24.2. The molecule has 4 heterocycles. The maximum Gasteiger partial charge on any atom is 0.416 e. The third-order valence-electron chi connectivity index (χ3n) is 8.48. The molecule has 1 aliphatic carbocycles. The van der Waals surface area contributed by atoms with E-state index in [1.165, 1.54) is 12.1 Å². The Morgan fingerprint density at radius 2 is 2.05 bits per heavy atom. The molecular formula is C31H30F3N5O4. The fourth-order valence-corrected chi connectivity index (χ4v) is 6.31. The minimum atomic E-state index is -4.58. The van der Waals surface area contributed by atoms with E-state index in [2.05, 4.69) is 20.9 Å². The molecule has 2 fully saturated rings. The molecule has 9 nitrogen and oxygen atoms in total. The van der Waals surface area contributed by atoms with Crippen molar-refractivity contribution in [2.24, 2.45) is 0 Å². The molecule has 2 amide bonds. The summed E-state index contributed by atoms with van der Waals surface area (Å²) < 4.78 is 54.3. The van der Waals surface area contributed by atoms with Gasteiger partial charge in [-0.1, -0.05) is 6.07 Å². The Morgan fingerprint density at radius 3 is 2.86 bits per heavy atom. The number of pyridine rings is 1. The van der Waals surface area contributed by atoms with E-state index in [9.17, 15) is 22.8 Å². The van der Waals surface area contributed by atoms with Crippen LogP contribution in [0.5, 0.6) is 17.2 Å². The standard InChI is InChI=1S/C31H30F3N5O4/c1-16-14-39(11-10-35-16)15-18-3-2-17(12-22(18)31(32,33)34)30(41)38-27-26-21-13-19(4-6-23(21)43-28(26)27)42-24-8-9-36-29-20(24)5-7-25(40)37-29/h2-4,6,8-9,12-13,16,26-28,35H,5,7,10-11,14-15H2,1H3,(H,38,41)(H,36,37,40)/t16-,26-,27+,28-/m0/s1. The molecule has 0 unspecified atom stereocenters. The lowest BCUT2D eigenvalue weighted by molar-refractivity contribution is -0.138. The first-order valence-corrected chi connectivity index (χ1v) is 14.4. The lowest BCUT2D eigenvalue weighted by atomic mass is 10.0. The average molecular weight is 594 g/mol. The van der Waals surface area contributed by atoms with E-state index in [0.29, 0.717) is 49.0 Å². The third kappa shape index (κ3) is 5.40.